The fourth-order valence-electron chi connectivity index (χ4n) is 4.04. The second-order valence-electron chi connectivity index (χ2n) is 7.45. The summed E-state index contributed by atoms with van der Waals surface area (Å²) in [4.78, 5) is 28.9. The Morgan fingerprint density at radius 3 is 2.79 bits per heavy atom. The predicted octanol–water partition coefficient (Wildman–Crippen LogP) is 0.963. The number of benzene rings is 1. The fourth-order valence-corrected chi connectivity index (χ4v) is 4.04. The van der Waals surface area contributed by atoms with Crippen molar-refractivity contribution in [3.8, 4) is 5.69 Å². The minimum absolute atomic E-state index is 0. The Morgan fingerprint density at radius 2 is 2.03 bits per heavy atom. The predicted molar refractivity (Wildman–Crippen MR) is 111 cm³/mol. The van der Waals surface area contributed by atoms with Gasteiger partial charge < -0.3 is 15.1 Å². The van der Waals surface area contributed by atoms with Crippen LogP contribution in [0.2, 0.25) is 0 Å². The van der Waals surface area contributed by atoms with Crippen molar-refractivity contribution in [2.45, 2.75) is 32.2 Å². The Balaban J connectivity index is 0.00000240. The van der Waals surface area contributed by atoms with E-state index >= 15 is 0 Å². The van der Waals surface area contributed by atoms with Crippen LogP contribution >= 0.6 is 12.4 Å². The molecule has 1 N–H and O–H groups in total. The second kappa shape index (κ2) is 9.37. The van der Waals surface area contributed by atoms with E-state index in [4.69, 9.17) is 0 Å². The van der Waals surface area contributed by atoms with E-state index in [0.717, 1.165) is 43.9 Å². The van der Waals surface area contributed by atoms with Crippen molar-refractivity contribution in [2.75, 3.05) is 32.7 Å². The molecule has 3 heterocycles. The lowest BCUT2D eigenvalue weighted by molar-refractivity contribution is -0.140. The highest BCUT2D eigenvalue weighted by atomic mass is 35.5. The molecule has 1 aromatic carbocycles. The van der Waals surface area contributed by atoms with Crippen LogP contribution in [-0.4, -0.2) is 75.4 Å². The van der Waals surface area contributed by atoms with Gasteiger partial charge in [0.25, 0.3) is 0 Å². The quantitative estimate of drug-likeness (QED) is 0.799. The summed E-state index contributed by atoms with van der Waals surface area (Å²) in [5, 5.41) is 11.6. The standard InChI is InChI=1S/C20H26N6O2.ClH/c1-15-18(22-23-26(15)16-6-3-2-4-7-16)12-19(27)24-10-5-8-17(14-24)25-11-9-21-13-20(25)28;/h2-4,6-7,17,21H,5,8-14H2,1H3;1H. The van der Waals surface area contributed by atoms with E-state index in [1.165, 1.54) is 0 Å². The van der Waals surface area contributed by atoms with Gasteiger partial charge in [0.15, 0.2) is 0 Å². The summed E-state index contributed by atoms with van der Waals surface area (Å²) in [6, 6.07) is 9.91. The number of carbonyl (C=O) groups excluding carboxylic acids is 2. The highest BCUT2D eigenvalue weighted by molar-refractivity contribution is 5.85. The van der Waals surface area contributed by atoms with Crippen LogP contribution in [0, 0.1) is 6.92 Å². The van der Waals surface area contributed by atoms with Crippen LogP contribution in [0.3, 0.4) is 0 Å². The Kier molecular flexibility index (Phi) is 6.87. The van der Waals surface area contributed by atoms with Crippen LogP contribution in [0.15, 0.2) is 30.3 Å². The molecule has 0 radical (unpaired) electrons. The highest BCUT2D eigenvalue weighted by Crippen LogP contribution is 2.19. The molecule has 0 spiro atoms. The number of carbonyl (C=O) groups is 2. The van der Waals surface area contributed by atoms with Crippen molar-refractivity contribution in [3.05, 3.63) is 41.7 Å². The van der Waals surface area contributed by atoms with Gasteiger partial charge in [0.2, 0.25) is 11.8 Å². The van der Waals surface area contributed by atoms with Crippen molar-refractivity contribution in [3.63, 3.8) is 0 Å². The average Bonchev–Trinajstić information content (AvgIpc) is 3.09. The first-order valence-corrected chi connectivity index (χ1v) is 9.88. The molecular weight excluding hydrogens is 392 g/mol. The van der Waals surface area contributed by atoms with Crippen LogP contribution in [0.5, 0.6) is 0 Å². The number of halogens is 1. The third kappa shape index (κ3) is 4.59. The van der Waals surface area contributed by atoms with Crippen LogP contribution in [0.1, 0.15) is 24.2 Å². The molecule has 1 aromatic heterocycles. The molecule has 2 saturated heterocycles. The number of piperazine rings is 1. The lowest BCUT2D eigenvalue weighted by Gasteiger charge is -2.41. The Labute approximate surface area is 176 Å². The summed E-state index contributed by atoms with van der Waals surface area (Å²) in [6.45, 7) is 5.21. The van der Waals surface area contributed by atoms with Gasteiger partial charge in [-0.2, -0.15) is 0 Å². The van der Waals surface area contributed by atoms with Gasteiger partial charge >= 0.3 is 0 Å². The fraction of sp³-hybridized carbons (Fsp3) is 0.500. The Hall–Kier alpha value is -2.45. The molecule has 4 rings (SSSR count). The summed E-state index contributed by atoms with van der Waals surface area (Å²) in [5.74, 6) is 0.183. The van der Waals surface area contributed by atoms with Gasteiger partial charge in [-0.15, -0.1) is 17.5 Å². The molecule has 2 aromatic rings. The number of aromatic nitrogens is 3. The van der Waals surface area contributed by atoms with Crippen LogP contribution < -0.4 is 5.32 Å². The van der Waals surface area contributed by atoms with Crippen molar-refractivity contribution < 1.29 is 9.59 Å². The Bertz CT molecular complexity index is 856. The van der Waals surface area contributed by atoms with Crippen molar-refractivity contribution in [2.24, 2.45) is 0 Å². The normalized spacial score (nSPS) is 19.8. The van der Waals surface area contributed by atoms with Gasteiger partial charge in [0, 0.05) is 32.2 Å². The number of hydrogen-bond acceptors (Lipinski definition) is 5. The smallest absolute Gasteiger partial charge is 0.236 e. The number of amides is 2. The van der Waals surface area contributed by atoms with Crippen LogP contribution in [-0.2, 0) is 16.0 Å². The summed E-state index contributed by atoms with van der Waals surface area (Å²) >= 11 is 0. The molecule has 1 unspecified atom stereocenters. The molecule has 156 valence electrons. The van der Waals surface area contributed by atoms with Gasteiger partial charge in [0.05, 0.1) is 30.0 Å². The maximum Gasteiger partial charge on any atom is 0.236 e. The number of likely N-dealkylation sites (tertiary alicyclic amines) is 1. The Morgan fingerprint density at radius 1 is 1.24 bits per heavy atom. The maximum atomic E-state index is 12.9. The molecule has 2 aliphatic rings. The summed E-state index contributed by atoms with van der Waals surface area (Å²) < 4.78 is 1.76. The largest absolute Gasteiger partial charge is 0.340 e. The zero-order valence-electron chi connectivity index (χ0n) is 16.6. The van der Waals surface area contributed by atoms with E-state index in [1.807, 2.05) is 47.1 Å². The second-order valence-corrected chi connectivity index (χ2v) is 7.45. The highest BCUT2D eigenvalue weighted by Gasteiger charge is 2.32. The van der Waals surface area contributed by atoms with E-state index in [2.05, 4.69) is 15.6 Å². The number of para-hydroxylation sites is 1. The minimum Gasteiger partial charge on any atom is -0.340 e. The first-order valence-electron chi connectivity index (χ1n) is 9.88. The summed E-state index contributed by atoms with van der Waals surface area (Å²) in [6.07, 6.45) is 2.11. The lowest BCUT2D eigenvalue weighted by atomic mass is 10.0. The zero-order valence-corrected chi connectivity index (χ0v) is 17.4. The molecule has 0 aliphatic carbocycles. The molecule has 2 amide bonds. The third-order valence-corrected chi connectivity index (χ3v) is 5.63. The SMILES string of the molecule is Cc1c(CC(=O)N2CCCC(N3CCNCC3=O)C2)nnn1-c1ccccc1.Cl. The van der Waals surface area contributed by atoms with Gasteiger partial charge in [-0.25, -0.2) is 4.68 Å². The van der Waals surface area contributed by atoms with Gasteiger partial charge in [0.1, 0.15) is 0 Å². The molecule has 8 nitrogen and oxygen atoms in total. The molecule has 1 atom stereocenters. The van der Waals surface area contributed by atoms with Gasteiger partial charge in [-0.05, 0) is 31.9 Å². The van der Waals surface area contributed by atoms with Crippen LogP contribution in [0.4, 0.5) is 0 Å². The number of rotatable bonds is 4. The number of piperidine rings is 1. The van der Waals surface area contributed by atoms with Crippen molar-refractivity contribution in [1.82, 2.24) is 30.1 Å². The van der Waals surface area contributed by atoms with Gasteiger partial charge in [-0.1, -0.05) is 23.4 Å². The van der Waals surface area contributed by atoms with E-state index < -0.39 is 0 Å². The monoisotopic (exact) mass is 418 g/mol. The van der Waals surface area contributed by atoms with E-state index in [-0.39, 0.29) is 36.7 Å². The van der Waals surface area contributed by atoms with E-state index in [9.17, 15) is 9.59 Å². The maximum absolute atomic E-state index is 12.9. The molecule has 0 bridgehead atoms. The van der Waals surface area contributed by atoms with Crippen molar-refractivity contribution in [1.29, 1.82) is 0 Å². The molecule has 9 heteroatoms. The first kappa shape index (κ1) is 21.3. The number of nitrogens with one attached hydrogen (secondary N) is 1. The molecule has 29 heavy (non-hydrogen) atoms. The zero-order chi connectivity index (χ0) is 19.5. The molecular formula is C20H27ClN6O2. The first-order chi connectivity index (χ1) is 13.6. The number of hydrogen-bond donors (Lipinski definition) is 1. The van der Waals surface area contributed by atoms with Crippen LogP contribution in [0.25, 0.3) is 5.69 Å². The average molecular weight is 419 g/mol. The summed E-state index contributed by atoms with van der Waals surface area (Å²) in [7, 11) is 0. The number of nitrogens with zero attached hydrogens (tertiary/aromatic N) is 5. The summed E-state index contributed by atoms with van der Waals surface area (Å²) in [5.41, 5.74) is 2.51. The van der Waals surface area contributed by atoms with Crippen molar-refractivity contribution >= 4 is 24.2 Å². The molecule has 2 fully saturated rings. The lowest BCUT2D eigenvalue weighted by Crippen LogP contribution is -2.57. The molecule has 0 saturated carbocycles. The topological polar surface area (TPSA) is 83.4 Å². The van der Waals surface area contributed by atoms with E-state index in [1.54, 1.807) is 4.68 Å². The third-order valence-electron chi connectivity index (χ3n) is 5.63. The molecule has 2 aliphatic heterocycles. The minimum atomic E-state index is 0. The van der Waals surface area contributed by atoms with E-state index in [0.29, 0.717) is 18.8 Å². The van der Waals surface area contributed by atoms with Gasteiger partial charge in [-0.3, -0.25) is 9.59 Å².